The Kier molecular flexibility index (Phi) is 8.62. The Morgan fingerprint density at radius 3 is 2.00 bits per heavy atom. The predicted octanol–water partition coefficient (Wildman–Crippen LogP) is 2.83. The first kappa shape index (κ1) is 24.3. The largest absolute Gasteiger partial charge is 0.489 e. The van der Waals surface area contributed by atoms with E-state index in [4.69, 9.17) is 15.2 Å². The van der Waals surface area contributed by atoms with Crippen molar-refractivity contribution in [3.63, 3.8) is 0 Å². The van der Waals surface area contributed by atoms with Crippen molar-refractivity contribution in [1.29, 1.82) is 0 Å². The van der Waals surface area contributed by atoms with Crippen LogP contribution in [0.25, 0.3) is 0 Å². The van der Waals surface area contributed by atoms with Crippen molar-refractivity contribution < 1.29 is 29.0 Å². The lowest BCUT2D eigenvalue weighted by atomic mass is 10.1. The predicted molar refractivity (Wildman–Crippen MR) is 125 cm³/mol. The molecule has 0 heterocycles. The first-order valence-corrected chi connectivity index (χ1v) is 10.7. The number of nitrogens with two attached hydrogens (primary N) is 1. The zero-order valence-electron chi connectivity index (χ0n) is 18.5. The number of nitrogens with one attached hydrogen (secondary N) is 1. The maximum atomic E-state index is 12.5. The van der Waals surface area contributed by atoms with E-state index in [-0.39, 0.29) is 13.0 Å². The Labute approximate surface area is 197 Å². The summed E-state index contributed by atoms with van der Waals surface area (Å²) in [6.45, 7) is 0.642. The van der Waals surface area contributed by atoms with Crippen molar-refractivity contribution in [2.45, 2.75) is 32.1 Å². The summed E-state index contributed by atoms with van der Waals surface area (Å²) in [5.74, 6) is -1.73. The van der Waals surface area contributed by atoms with Crippen LogP contribution in [0.3, 0.4) is 0 Å². The van der Waals surface area contributed by atoms with Crippen LogP contribution in [0.15, 0.2) is 78.9 Å². The van der Waals surface area contributed by atoms with Gasteiger partial charge in [-0.25, -0.2) is 4.79 Å². The Morgan fingerprint density at radius 2 is 1.44 bits per heavy atom. The van der Waals surface area contributed by atoms with Gasteiger partial charge in [-0.05, 0) is 17.2 Å². The maximum Gasteiger partial charge on any atom is 0.326 e. The van der Waals surface area contributed by atoms with Crippen LogP contribution >= 0.6 is 0 Å². The molecule has 176 valence electrons. The summed E-state index contributed by atoms with van der Waals surface area (Å²) in [5, 5.41) is 11.6. The fourth-order valence-corrected chi connectivity index (χ4v) is 3.20. The SMILES string of the molecule is NC(=O)C[C@H](NC(=O)Cc1ccc(OCc2ccccc2)cc1OCc1ccccc1)C(=O)O. The average molecular weight is 463 g/mol. The highest BCUT2D eigenvalue weighted by molar-refractivity contribution is 5.89. The van der Waals surface area contributed by atoms with E-state index in [2.05, 4.69) is 5.32 Å². The maximum absolute atomic E-state index is 12.5. The third kappa shape index (κ3) is 7.67. The highest BCUT2D eigenvalue weighted by atomic mass is 16.5. The van der Waals surface area contributed by atoms with Crippen molar-refractivity contribution in [1.82, 2.24) is 5.32 Å². The van der Waals surface area contributed by atoms with E-state index in [1.807, 2.05) is 60.7 Å². The lowest BCUT2D eigenvalue weighted by Crippen LogP contribution is -2.43. The van der Waals surface area contributed by atoms with Gasteiger partial charge in [0.1, 0.15) is 30.8 Å². The van der Waals surface area contributed by atoms with Gasteiger partial charge in [0.05, 0.1) is 12.8 Å². The van der Waals surface area contributed by atoms with Crippen molar-refractivity contribution in [3.8, 4) is 11.5 Å². The number of carbonyl (C=O) groups excluding carboxylic acids is 2. The van der Waals surface area contributed by atoms with E-state index in [1.165, 1.54) is 0 Å². The Morgan fingerprint density at radius 1 is 0.853 bits per heavy atom. The summed E-state index contributed by atoms with van der Waals surface area (Å²) in [5.41, 5.74) is 7.57. The molecule has 0 bridgehead atoms. The summed E-state index contributed by atoms with van der Waals surface area (Å²) < 4.78 is 11.9. The number of hydrogen-bond acceptors (Lipinski definition) is 5. The second-order valence-corrected chi connectivity index (χ2v) is 7.62. The van der Waals surface area contributed by atoms with Crippen LogP contribution in [0.1, 0.15) is 23.1 Å². The molecule has 0 radical (unpaired) electrons. The van der Waals surface area contributed by atoms with Gasteiger partial charge in [-0.3, -0.25) is 9.59 Å². The van der Waals surface area contributed by atoms with Crippen molar-refractivity contribution >= 4 is 17.8 Å². The van der Waals surface area contributed by atoms with Gasteiger partial charge in [0, 0.05) is 11.6 Å². The van der Waals surface area contributed by atoms with Gasteiger partial charge in [-0.1, -0.05) is 66.7 Å². The van der Waals surface area contributed by atoms with Crippen molar-refractivity contribution in [2.75, 3.05) is 0 Å². The molecule has 0 saturated carbocycles. The molecule has 0 aromatic heterocycles. The molecule has 0 unspecified atom stereocenters. The van der Waals surface area contributed by atoms with Gasteiger partial charge in [0.15, 0.2) is 0 Å². The fourth-order valence-electron chi connectivity index (χ4n) is 3.20. The van der Waals surface area contributed by atoms with E-state index >= 15 is 0 Å². The number of aliphatic carboxylic acids is 1. The van der Waals surface area contributed by atoms with E-state index in [0.29, 0.717) is 23.7 Å². The lowest BCUT2D eigenvalue weighted by Gasteiger charge is -2.16. The summed E-state index contributed by atoms with van der Waals surface area (Å²) in [6.07, 6.45) is -0.643. The molecule has 3 aromatic carbocycles. The normalized spacial score (nSPS) is 11.3. The van der Waals surface area contributed by atoms with Gasteiger partial charge in [0.25, 0.3) is 0 Å². The average Bonchev–Trinajstić information content (AvgIpc) is 2.83. The van der Waals surface area contributed by atoms with E-state index < -0.39 is 30.2 Å². The Hall–Kier alpha value is -4.33. The molecule has 3 aromatic rings. The van der Waals surface area contributed by atoms with Gasteiger partial charge in [-0.15, -0.1) is 0 Å². The number of carboxylic acids is 1. The van der Waals surface area contributed by atoms with E-state index in [1.54, 1.807) is 18.2 Å². The first-order chi connectivity index (χ1) is 16.4. The second kappa shape index (κ2) is 12.1. The van der Waals surface area contributed by atoms with Crippen LogP contribution in [0.2, 0.25) is 0 Å². The molecule has 3 rings (SSSR count). The molecule has 34 heavy (non-hydrogen) atoms. The smallest absolute Gasteiger partial charge is 0.326 e. The number of primary amides is 1. The number of benzene rings is 3. The highest BCUT2D eigenvalue weighted by Crippen LogP contribution is 2.27. The number of ether oxygens (including phenoxy) is 2. The molecule has 0 fully saturated rings. The highest BCUT2D eigenvalue weighted by Gasteiger charge is 2.23. The molecule has 8 heteroatoms. The lowest BCUT2D eigenvalue weighted by molar-refractivity contribution is -0.143. The summed E-state index contributed by atoms with van der Waals surface area (Å²) in [6, 6.07) is 23.0. The minimum absolute atomic E-state index is 0.147. The fraction of sp³-hybridized carbons (Fsp3) is 0.192. The standard InChI is InChI=1S/C26H26N2O6/c27-24(29)15-22(26(31)32)28-25(30)13-20-11-12-21(33-16-18-7-3-1-4-8-18)14-23(20)34-17-19-9-5-2-6-10-19/h1-12,14,22H,13,15-17H2,(H2,27,29)(H,28,30)(H,31,32)/t22-/m0/s1. The molecule has 0 saturated heterocycles. The van der Waals surface area contributed by atoms with Crippen LogP contribution in [-0.4, -0.2) is 28.9 Å². The number of rotatable bonds is 12. The van der Waals surface area contributed by atoms with Crippen LogP contribution in [0, 0.1) is 0 Å². The molecule has 0 spiro atoms. The molecule has 0 aliphatic rings. The van der Waals surface area contributed by atoms with Gasteiger partial charge in [-0.2, -0.15) is 0 Å². The van der Waals surface area contributed by atoms with E-state index in [9.17, 15) is 19.5 Å². The summed E-state index contributed by atoms with van der Waals surface area (Å²) >= 11 is 0. The van der Waals surface area contributed by atoms with Crippen LogP contribution in [0.5, 0.6) is 11.5 Å². The minimum atomic E-state index is -1.40. The number of carboxylic acid groups (broad SMARTS) is 1. The van der Waals surface area contributed by atoms with Crippen LogP contribution in [0.4, 0.5) is 0 Å². The van der Waals surface area contributed by atoms with Crippen LogP contribution < -0.4 is 20.5 Å². The van der Waals surface area contributed by atoms with Crippen molar-refractivity contribution in [2.24, 2.45) is 5.73 Å². The van der Waals surface area contributed by atoms with Gasteiger partial charge < -0.3 is 25.6 Å². The topological polar surface area (TPSA) is 128 Å². The molecule has 0 aliphatic heterocycles. The second-order valence-electron chi connectivity index (χ2n) is 7.62. The summed E-state index contributed by atoms with van der Waals surface area (Å²) in [4.78, 5) is 34.9. The summed E-state index contributed by atoms with van der Waals surface area (Å²) in [7, 11) is 0. The zero-order valence-corrected chi connectivity index (χ0v) is 18.5. The third-order valence-corrected chi connectivity index (χ3v) is 4.91. The monoisotopic (exact) mass is 462 g/mol. The van der Waals surface area contributed by atoms with Gasteiger partial charge >= 0.3 is 5.97 Å². The van der Waals surface area contributed by atoms with Crippen LogP contribution in [-0.2, 0) is 34.0 Å². The molecular weight excluding hydrogens is 436 g/mol. The molecular formula is C26H26N2O6. The molecule has 8 nitrogen and oxygen atoms in total. The van der Waals surface area contributed by atoms with Crippen molar-refractivity contribution in [3.05, 3.63) is 95.6 Å². The first-order valence-electron chi connectivity index (χ1n) is 10.7. The number of carbonyl (C=O) groups is 3. The Bertz CT molecular complexity index is 1120. The molecule has 2 amide bonds. The zero-order chi connectivity index (χ0) is 24.3. The third-order valence-electron chi connectivity index (χ3n) is 4.91. The molecule has 0 aliphatic carbocycles. The quantitative estimate of drug-likeness (QED) is 0.380. The molecule has 4 N–H and O–H groups in total. The molecule has 1 atom stereocenters. The minimum Gasteiger partial charge on any atom is -0.489 e. The number of hydrogen-bond donors (Lipinski definition) is 3. The van der Waals surface area contributed by atoms with E-state index in [0.717, 1.165) is 11.1 Å². The van der Waals surface area contributed by atoms with Gasteiger partial charge in [0.2, 0.25) is 11.8 Å². The Balaban J connectivity index is 1.74. The number of amides is 2.